The smallest absolute Gasteiger partial charge is 0.323 e. The summed E-state index contributed by atoms with van der Waals surface area (Å²) in [5, 5.41) is 0. The molecule has 130 valence electrons. The van der Waals surface area contributed by atoms with Crippen LogP contribution in [0.3, 0.4) is 0 Å². The van der Waals surface area contributed by atoms with Crippen molar-refractivity contribution in [3.05, 3.63) is 0 Å². The molecule has 1 atom stereocenters. The Morgan fingerprint density at radius 1 is 0.955 bits per heavy atom. The molecule has 1 unspecified atom stereocenters. The number of unbranched alkanes of at least 4 members (excludes halogenated alkanes) is 2. The van der Waals surface area contributed by atoms with Crippen molar-refractivity contribution in [3.8, 4) is 0 Å². The highest BCUT2D eigenvalue weighted by Crippen LogP contribution is 2.31. The third-order valence-corrected chi connectivity index (χ3v) is 4.08. The van der Waals surface area contributed by atoms with E-state index in [4.69, 9.17) is 9.47 Å². The van der Waals surface area contributed by atoms with Crippen LogP contribution in [0.25, 0.3) is 0 Å². The number of carbonyl (C=O) groups is 2. The maximum atomic E-state index is 12.5. The second kappa shape index (κ2) is 10.6. The summed E-state index contributed by atoms with van der Waals surface area (Å²) in [5.74, 6) is -0.428. The Bertz CT molecular complexity index is 332. The van der Waals surface area contributed by atoms with Crippen LogP contribution in [0, 0.1) is 11.3 Å². The zero-order valence-corrected chi connectivity index (χ0v) is 15.2. The van der Waals surface area contributed by atoms with Crippen LogP contribution < -0.4 is 0 Å². The van der Waals surface area contributed by atoms with Crippen LogP contribution in [0.2, 0.25) is 0 Å². The van der Waals surface area contributed by atoms with Crippen LogP contribution in [0.15, 0.2) is 0 Å². The Labute approximate surface area is 135 Å². The molecule has 0 fully saturated rings. The zero-order chi connectivity index (χ0) is 17.2. The molecule has 22 heavy (non-hydrogen) atoms. The summed E-state index contributed by atoms with van der Waals surface area (Å²) in [5.41, 5.74) is -1.16. The summed E-state index contributed by atoms with van der Waals surface area (Å²) < 4.78 is 10.9. The fourth-order valence-corrected chi connectivity index (χ4v) is 2.57. The second-order valence-electron chi connectivity index (χ2n) is 6.48. The maximum absolute atomic E-state index is 12.5. The van der Waals surface area contributed by atoms with Crippen molar-refractivity contribution in [2.75, 3.05) is 6.61 Å². The van der Waals surface area contributed by atoms with E-state index in [1.807, 2.05) is 20.8 Å². The molecule has 0 heterocycles. The Morgan fingerprint density at radius 2 is 1.55 bits per heavy atom. The molecule has 0 N–H and O–H groups in total. The molecule has 0 saturated heterocycles. The van der Waals surface area contributed by atoms with Gasteiger partial charge in [0.2, 0.25) is 0 Å². The zero-order valence-electron chi connectivity index (χ0n) is 15.2. The first-order valence-corrected chi connectivity index (χ1v) is 8.72. The largest absolute Gasteiger partial charge is 0.465 e. The highest BCUT2D eigenvalue weighted by molar-refractivity contribution is 6.00. The molecule has 0 spiro atoms. The molecule has 0 bridgehead atoms. The van der Waals surface area contributed by atoms with Gasteiger partial charge in [-0.1, -0.05) is 47.5 Å². The van der Waals surface area contributed by atoms with Crippen molar-refractivity contribution in [2.45, 2.75) is 86.2 Å². The summed E-state index contributed by atoms with van der Waals surface area (Å²) >= 11 is 0. The van der Waals surface area contributed by atoms with Gasteiger partial charge in [-0.15, -0.1) is 0 Å². The van der Waals surface area contributed by atoms with Crippen molar-refractivity contribution in [3.63, 3.8) is 0 Å². The lowest BCUT2D eigenvalue weighted by Gasteiger charge is -2.29. The Balaban J connectivity index is 4.76. The number of esters is 2. The van der Waals surface area contributed by atoms with Crippen molar-refractivity contribution in [2.24, 2.45) is 11.3 Å². The fraction of sp³-hybridized carbons (Fsp3) is 0.889. The number of hydrogen-bond acceptors (Lipinski definition) is 4. The van der Waals surface area contributed by atoms with Gasteiger partial charge in [0, 0.05) is 0 Å². The molecule has 0 rings (SSSR count). The van der Waals surface area contributed by atoms with Gasteiger partial charge in [0.1, 0.15) is 0 Å². The predicted octanol–water partition coefficient (Wildman–Crippen LogP) is 4.50. The minimum Gasteiger partial charge on any atom is -0.465 e. The van der Waals surface area contributed by atoms with E-state index >= 15 is 0 Å². The van der Waals surface area contributed by atoms with Crippen LogP contribution in [0.5, 0.6) is 0 Å². The van der Waals surface area contributed by atoms with Crippen molar-refractivity contribution in [1.82, 2.24) is 0 Å². The molecular weight excluding hydrogens is 280 g/mol. The lowest BCUT2D eigenvalue weighted by molar-refractivity contribution is -0.176. The molecule has 0 aromatic rings. The predicted molar refractivity (Wildman–Crippen MR) is 88.5 cm³/mol. The van der Waals surface area contributed by atoms with Gasteiger partial charge >= 0.3 is 11.9 Å². The normalized spacial score (nSPS) is 13.0. The van der Waals surface area contributed by atoms with Crippen LogP contribution >= 0.6 is 0 Å². The number of hydrogen-bond donors (Lipinski definition) is 0. The SMILES string of the molecule is CCCCCOC(=O)C(CC)(CC)C(=O)OC(C)CC(C)C. The molecule has 0 aromatic carbocycles. The molecule has 0 saturated carbocycles. The standard InChI is InChI=1S/C18H34O4/c1-7-10-11-12-21-16(19)18(8-2,9-3)17(20)22-15(6)13-14(4)5/h14-15H,7-13H2,1-6H3. The Hall–Kier alpha value is -1.06. The van der Waals surface area contributed by atoms with E-state index in [1.54, 1.807) is 0 Å². The maximum Gasteiger partial charge on any atom is 0.323 e. The van der Waals surface area contributed by atoms with E-state index in [0.29, 0.717) is 25.4 Å². The molecule has 4 nitrogen and oxygen atoms in total. The third kappa shape index (κ3) is 6.37. The first kappa shape index (κ1) is 20.9. The van der Waals surface area contributed by atoms with Crippen LogP contribution in [0.1, 0.15) is 80.1 Å². The van der Waals surface area contributed by atoms with E-state index in [0.717, 1.165) is 25.7 Å². The summed E-state index contributed by atoms with van der Waals surface area (Å²) in [6.45, 7) is 12.2. The minimum absolute atomic E-state index is 0.183. The summed E-state index contributed by atoms with van der Waals surface area (Å²) in [4.78, 5) is 24.9. The second-order valence-corrected chi connectivity index (χ2v) is 6.48. The molecule has 0 radical (unpaired) electrons. The van der Waals surface area contributed by atoms with E-state index in [9.17, 15) is 9.59 Å². The molecule has 0 aliphatic heterocycles. The number of carbonyl (C=O) groups excluding carboxylic acids is 2. The lowest BCUT2D eigenvalue weighted by atomic mass is 9.82. The van der Waals surface area contributed by atoms with E-state index in [1.165, 1.54) is 0 Å². The van der Waals surface area contributed by atoms with Gasteiger partial charge < -0.3 is 9.47 Å². The average Bonchev–Trinajstić information content (AvgIpc) is 2.44. The quantitative estimate of drug-likeness (QED) is 0.320. The first-order chi connectivity index (χ1) is 10.3. The van der Waals surface area contributed by atoms with Crippen molar-refractivity contribution in [1.29, 1.82) is 0 Å². The highest BCUT2D eigenvalue weighted by Gasteiger charge is 2.46. The Kier molecular flexibility index (Phi) is 10.1. The van der Waals surface area contributed by atoms with Gasteiger partial charge in [-0.25, -0.2) is 0 Å². The molecular formula is C18H34O4. The van der Waals surface area contributed by atoms with Gasteiger partial charge in [0.05, 0.1) is 12.7 Å². The van der Waals surface area contributed by atoms with E-state index < -0.39 is 17.4 Å². The molecule has 0 aromatic heterocycles. The van der Waals surface area contributed by atoms with E-state index in [2.05, 4.69) is 20.8 Å². The highest BCUT2D eigenvalue weighted by atomic mass is 16.6. The minimum atomic E-state index is -1.16. The topological polar surface area (TPSA) is 52.6 Å². The third-order valence-electron chi connectivity index (χ3n) is 4.08. The molecule has 0 amide bonds. The van der Waals surface area contributed by atoms with Gasteiger partial charge in [0.15, 0.2) is 5.41 Å². The summed E-state index contributed by atoms with van der Waals surface area (Å²) in [6.07, 6.45) is 4.35. The monoisotopic (exact) mass is 314 g/mol. The van der Waals surface area contributed by atoms with Gasteiger partial charge in [-0.3, -0.25) is 9.59 Å². The van der Waals surface area contributed by atoms with Crippen molar-refractivity contribution >= 4 is 11.9 Å². The fourth-order valence-electron chi connectivity index (χ4n) is 2.57. The van der Waals surface area contributed by atoms with Crippen LogP contribution in [-0.2, 0) is 19.1 Å². The van der Waals surface area contributed by atoms with Gasteiger partial charge in [0.25, 0.3) is 0 Å². The van der Waals surface area contributed by atoms with Crippen LogP contribution in [-0.4, -0.2) is 24.6 Å². The van der Waals surface area contributed by atoms with Gasteiger partial charge in [-0.2, -0.15) is 0 Å². The lowest BCUT2D eigenvalue weighted by Crippen LogP contribution is -2.42. The van der Waals surface area contributed by atoms with E-state index in [-0.39, 0.29) is 6.10 Å². The summed E-state index contributed by atoms with van der Waals surface area (Å²) in [7, 11) is 0. The molecule has 0 aliphatic rings. The van der Waals surface area contributed by atoms with Gasteiger partial charge in [-0.05, 0) is 38.5 Å². The van der Waals surface area contributed by atoms with Crippen LogP contribution in [0.4, 0.5) is 0 Å². The first-order valence-electron chi connectivity index (χ1n) is 8.72. The molecule has 4 heteroatoms. The molecule has 0 aliphatic carbocycles. The Morgan fingerprint density at radius 3 is 2.00 bits per heavy atom. The number of ether oxygens (including phenoxy) is 2. The van der Waals surface area contributed by atoms with Crippen molar-refractivity contribution < 1.29 is 19.1 Å². The number of rotatable bonds is 11. The summed E-state index contributed by atoms with van der Waals surface area (Å²) in [6, 6.07) is 0. The average molecular weight is 314 g/mol.